The van der Waals surface area contributed by atoms with Crippen LogP contribution < -0.4 is 0 Å². The molecule has 0 aliphatic heterocycles. The fourth-order valence-corrected chi connectivity index (χ4v) is 1.10. The zero-order valence-corrected chi connectivity index (χ0v) is 7.15. The fourth-order valence-electron chi connectivity index (χ4n) is 1.10. The van der Waals surface area contributed by atoms with Crippen LogP contribution in [0.15, 0.2) is 23.5 Å². The van der Waals surface area contributed by atoms with E-state index in [4.69, 9.17) is 0 Å². The number of nitro groups is 1. The molecular formula is C8H11N2O2. The van der Waals surface area contributed by atoms with Gasteiger partial charge in [0.05, 0.1) is 4.92 Å². The third-order valence-electron chi connectivity index (χ3n) is 1.66. The van der Waals surface area contributed by atoms with Crippen LogP contribution in [0.2, 0.25) is 0 Å². The number of rotatable bonds is 2. The molecule has 1 aliphatic carbocycles. The topological polar surface area (TPSA) is 46.4 Å². The summed E-state index contributed by atoms with van der Waals surface area (Å²) >= 11 is 0. The maximum absolute atomic E-state index is 10.5. The van der Waals surface area contributed by atoms with E-state index in [0.29, 0.717) is 12.1 Å². The highest BCUT2D eigenvalue weighted by molar-refractivity contribution is 5.30. The van der Waals surface area contributed by atoms with Crippen LogP contribution in [0.3, 0.4) is 0 Å². The third kappa shape index (κ3) is 1.64. The molecular weight excluding hydrogens is 156 g/mol. The lowest BCUT2D eigenvalue weighted by Gasteiger charge is -2.16. The molecule has 0 amide bonds. The Morgan fingerprint density at radius 2 is 2.25 bits per heavy atom. The Hall–Kier alpha value is -1.32. The lowest BCUT2D eigenvalue weighted by Crippen LogP contribution is -2.18. The summed E-state index contributed by atoms with van der Waals surface area (Å²) in [6.45, 7) is 0. The van der Waals surface area contributed by atoms with Gasteiger partial charge in [-0.15, -0.1) is 0 Å². The van der Waals surface area contributed by atoms with E-state index in [1.165, 1.54) is 0 Å². The van der Waals surface area contributed by atoms with Crippen molar-refractivity contribution in [2.75, 3.05) is 14.1 Å². The molecule has 1 rings (SSSR count). The van der Waals surface area contributed by atoms with E-state index in [0.717, 1.165) is 0 Å². The average Bonchev–Trinajstić information content (AvgIpc) is 2.04. The zero-order valence-electron chi connectivity index (χ0n) is 7.15. The standard InChI is InChI=1S/C8H11N2O2/c1-9(2)7-5-3-4-6-8(7)10(11)12/h3,5-6H,4H2,1-2H3. The van der Waals surface area contributed by atoms with E-state index < -0.39 is 0 Å². The second-order valence-electron chi connectivity index (χ2n) is 2.76. The van der Waals surface area contributed by atoms with Crippen molar-refractivity contribution < 1.29 is 4.92 Å². The minimum atomic E-state index is -0.348. The summed E-state index contributed by atoms with van der Waals surface area (Å²) in [7, 11) is 3.59. The molecule has 0 spiro atoms. The first-order valence-electron chi connectivity index (χ1n) is 3.68. The fraction of sp³-hybridized carbons (Fsp3) is 0.375. The van der Waals surface area contributed by atoms with Gasteiger partial charge in [-0.1, -0.05) is 0 Å². The number of allylic oxidation sites excluding steroid dienone is 2. The largest absolute Gasteiger partial charge is 0.372 e. The summed E-state index contributed by atoms with van der Waals surface area (Å²) in [5.74, 6) is 0. The number of likely N-dealkylation sites (N-methyl/N-ethyl adjacent to an activating group) is 1. The first-order valence-corrected chi connectivity index (χ1v) is 3.68. The molecule has 0 N–H and O–H groups in total. The second-order valence-corrected chi connectivity index (χ2v) is 2.76. The van der Waals surface area contributed by atoms with Gasteiger partial charge in [0.25, 0.3) is 5.70 Å². The van der Waals surface area contributed by atoms with Gasteiger partial charge in [0, 0.05) is 14.1 Å². The van der Waals surface area contributed by atoms with Crippen molar-refractivity contribution in [1.82, 2.24) is 4.90 Å². The summed E-state index contributed by atoms with van der Waals surface area (Å²) < 4.78 is 0. The Bertz CT molecular complexity index is 254. The van der Waals surface area contributed by atoms with Gasteiger partial charge in [-0.05, 0) is 25.0 Å². The number of hydrogen-bond acceptors (Lipinski definition) is 3. The van der Waals surface area contributed by atoms with Crippen LogP contribution in [0.25, 0.3) is 0 Å². The molecule has 0 saturated heterocycles. The van der Waals surface area contributed by atoms with E-state index in [1.54, 1.807) is 31.1 Å². The highest BCUT2D eigenvalue weighted by atomic mass is 16.6. The quantitative estimate of drug-likeness (QED) is 0.458. The Kier molecular flexibility index (Phi) is 2.47. The average molecular weight is 167 g/mol. The van der Waals surface area contributed by atoms with E-state index in [2.05, 4.69) is 0 Å². The highest BCUT2D eigenvalue weighted by Crippen LogP contribution is 2.19. The molecule has 1 aliphatic rings. The van der Waals surface area contributed by atoms with Crippen LogP contribution in [-0.2, 0) is 0 Å². The van der Waals surface area contributed by atoms with Gasteiger partial charge >= 0.3 is 0 Å². The first-order chi connectivity index (χ1) is 5.63. The Morgan fingerprint density at radius 1 is 1.58 bits per heavy atom. The number of nitrogens with zero attached hydrogens (tertiary/aromatic N) is 2. The summed E-state index contributed by atoms with van der Waals surface area (Å²) in [5, 5.41) is 10.5. The van der Waals surface area contributed by atoms with Crippen LogP contribution in [0.4, 0.5) is 0 Å². The van der Waals surface area contributed by atoms with Gasteiger partial charge in [0.2, 0.25) is 0 Å². The van der Waals surface area contributed by atoms with Crippen molar-refractivity contribution in [2.45, 2.75) is 6.42 Å². The molecule has 12 heavy (non-hydrogen) atoms. The van der Waals surface area contributed by atoms with Gasteiger partial charge < -0.3 is 4.90 Å². The molecule has 0 unspecified atom stereocenters. The smallest absolute Gasteiger partial charge is 0.288 e. The van der Waals surface area contributed by atoms with Gasteiger partial charge in [-0.2, -0.15) is 0 Å². The van der Waals surface area contributed by atoms with Crippen LogP contribution in [0.1, 0.15) is 6.42 Å². The molecule has 0 fully saturated rings. The van der Waals surface area contributed by atoms with Crippen LogP contribution in [0.5, 0.6) is 0 Å². The van der Waals surface area contributed by atoms with Gasteiger partial charge in [-0.3, -0.25) is 10.1 Å². The lowest BCUT2D eigenvalue weighted by atomic mass is 10.1. The molecule has 4 heteroatoms. The van der Waals surface area contributed by atoms with Crippen LogP contribution >= 0.6 is 0 Å². The molecule has 4 nitrogen and oxygen atoms in total. The van der Waals surface area contributed by atoms with Crippen molar-refractivity contribution >= 4 is 0 Å². The van der Waals surface area contributed by atoms with E-state index in [-0.39, 0.29) is 10.6 Å². The third-order valence-corrected chi connectivity index (χ3v) is 1.66. The maximum Gasteiger partial charge on any atom is 0.288 e. The van der Waals surface area contributed by atoms with Gasteiger partial charge in [-0.25, -0.2) is 0 Å². The first kappa shape index (κ1) is 8.77. The summed E-state index contributed by atoms with van der Waals surface area (Å²) in [4.78, 5) is 11.9. The van der Waals surface area contributed by atoms with Crippen molar-refractivity contribution in [3.63, 3.8) is 0 Å². The van der Waals surface area contributed by atoms with E-state index in [9.17, 15) is 10.1 Å². The molecule has 0 aromatic heterocycles. The molecule has 0 saturated carbocycles. The Labute approximate surface area is 71.3 Å². The second kappa shape index (κ2) is 3.38. The summed E-state index contributed by atoms with van der Waals surface area (Å²) in [5.41, 5.74) is 0.855. The van der Waals surface area contributed by atoms with Crippen molar-refractivity contribution in [1.29, 1.82) is 0 Å². The van der Waals surface area contributed by atoms with Gasteiger partial charge in [0.1, 0.15) is 5.70 Å². The summed E-state index contributed by atoms with van der Waals surface area (Å²) in [6, 6.07) is 0. The van der Waals surface area contributed by atoms with Crippen LogP contribution in [0, 0.1) is 16.5 Å². The summed E-state index contributed by atoms with van der Waals surface area (Å²) in [6.07, 6.45) is 5.95. The van der Waals surface area contributed by atoms with E-state index >= 15 is 0 Å². The van der Waals surface area contributed by atoms with Crippen molar-refractivity contribution in [2.24, 2.45) is 0 Å². The molecule has 1 radical (unpaired) electrons. The highest BCUT2D eigenvalue weighted by Gasteiger charge is 2.20. The van der Waals surface area contributed by atoms with Crippen molar-refractivity contribution in [3.05, 3.63) is 40.1 Å². The predicted octanol–water partition coefficient (Wildman–Crippen LogP) is 1.20. The normalized spacial score (nSPS) is 16.5. The minimum Gasteiger partial charge on any atom is -0.372 e. The molecule has 0 atom stereocenters. The Balaban J connectivity index is 2.90. The Morgan fingerprint density at radius 3 is 2.67 bits per heavy atom. The zero-order chi connectivity index (χ0) is 9.14. The van der Waals surface area contributed by atoms with Crippen LogP contribution in [-0.4, -0.2) is 23.9 Å². The van der Waals surface area contributed by atoms with Gasteiger partial charge in [0.15, 0.2) is 0 Å². The molecule has 0 heterocycles. The molecule has 0 bridgehead atoms. The monoisotopic (exact) mass is 167 g/mol. The predicted molar refractivity (Wildman–Crippen MR) is 45.8 cm³/mol. The SMILES string of the molecule is CN(C)C1=C[CH]CC=C1[N+](=O)[O-]. The van der Waals surface area contributed by atoms with E-state index in [1.807, 2.05) is 6.42 Å². The number of hydrogen-bond donors (Lipinski definition) is 0. The van der Waals surface area contributed by atoms with Crippen molar-refractivity contribution in [3.8, 4) is 0 Å². The molecule has 0 aromatic rings. The lowest BCUT2D eigenvalue weighted by molar-refractivity contribution is -0.422. The molecule has 0 aromatic carbocycles. The minimum absolute atomic E-state index is 0.197. The maximum atomic E-state index is 10.5. The molecule has 65 valence electrons.